The lowest BCUT2D eigenvalue weighted by Crippen LogP contribution is -2.40. The summed E-state index contributed by atoms with van der Waals surface area (Å²) in [5.74, 6) is 0.292. The van der Waals surface area contributed by atoms with Crippen LogP contribution in [0.1, 0.15) is 45.4 Å². The SMILES string of the molecule is CC1CC(N)CC(C(=O)NCCCCC(F)(F)F)C1. The maximum Gasteiger partial charge on any atom is 0.389 e. The number of rotatable bonds is 5. The van der Waals surface area contributed by atoms with E-state index in [2.05, 4.69) is 12.2 Å². The van der Waals surface area contributed by atoms with Crippen LogP contribution in [0.5, 0.6) is 0 Å². The molecule has 0 aromatic carbocycles. The van der Waals surface area contributed by atoms with Crippen LogP contribution in [0.2, 0.25) is 0 Å². The first-order chi connectivity index (χ1) is 8.78. The minimum atomic E-state index is -4.10. The smallest absolute Gasteiger partial charge is 0.356 e. The molecule has 3 N–H and O–H groups in total. The molecule has 6 heteroatoms. The van der Waals surface area contributed by atoms with E-state index in [9.17, 15) is 18.0 Å². The zero-order valence-corrected chi connectivity index (χ0v) is 11.3. The summed E-state index contributed by atoms with van der Waals surface area (Å²) < 4.78 is 35.8. The molecule has 3 unspecified atom stereocenters. The third kappa shape index (κ3) is 6.80. The molecule has 112 valence electrons. The molecule has 1 saturated carbocycles. The maximum absolute atomic E-state index is 11.9. The Bertz CT molecular complexity index is 284. The summed E-state index contributed by atoms with van der Waals surface area (Å²) in [4.78, 5) is 11.9. The number of nitrogens with one attached hydrogen (secondary N) is 1. The summed E-state index contributed by atoms with van der Waals surface area (Å²) in [6.45, 7) is 2.39. The fourth-order valence-electron chi connectivity index (χ4n) is 2.68. The van der Waals surface area contributed by atoms with Crippen LogP contribution >= 0.6 is 0 Å². The van der Waals surface area contributed by atoms with Gasteiger partial charge in [0, 0.05) is 24.9 Å². The molecule has 0 aromatic heterocycles. The summed E-state index contributed by atoms with van der Waals surface area (Å²) >= 11 is 0. The average molecular weight is 280 g/mol. The molecule has 0 radical (unpaired) electrons. The molecule has 0 heterocycles. The monoisotopic (exact) mass is 280 g/mol. The van der Waals surface area contributed by atoms with Crippen LogP contribution in [0.25, 0.3) is 0 Å². The Hall–Kier alpha value is -0.780. The van der Waals surface area contributed by atoms with E-state index < -0.39 is 12.6 Å². The van der Waals surface area contributed by atoms with Gasteiger partial charge in [0.25, 0.3) is 0 Å². The van der Waals surface area contributed by atoms with Crippen molar-refractivity contribution in [3.63, 3.8) is 0 Å². The molecule has 0 spiro atoms. The van der Waals surface area contributed by atoms with Crippen LogP contribution in [0.3, 0.4) is 0 Å². The molecule has 3 atom stereocenters. The average Bonchev–Trinajstić information content (AvgIpc) is 2.25. The highest BCUT2D eigenvalue weighted by molar-refractivity contribution is 5.78. The van der Waals surface area contributed by atoms with E-state index in [0.717, 1.165) is 12.8 Å². The number of hydrogen-bond donors (Lipinski definition) is 2. The van der Waals surface area contributed by atoms with E-state index in [1.165, 1.54) is 0 Å². The van der Waals surface area contributed by atoms with Gasteiger partial charge in [0.15, 0.2) is 0 Å². The van der Waals surface area contributed by atoms with Gasteiger partial charge in [-0.3, -0.25) is 4.79 Å². The molecule has 0 saturated heterocycles. The normalized spacial score (nSPS) is 28.2. The number of carbonyl (C=O) groups excluding carboxylic acids is 1. The van der Waals surface area contributed by atoms with Crippen LogP contribution in [-0.4, -0.2) is 24.7 Å². The van der Waals surface area contributed by atoms with Gasteiger partial charge >= 0.3 is 6.18 Å². The standard InChI is InChI=1S/C13H23F3N2O/c1-9-6-10(8-11(17)7-9)12(19)18-5-3-2-4-13(14,15)16/h9-11H,2-8,17H2,1H3,(H,18,19). The molecular weight excluding hydrogens is 257 g/mol. The Morgan fingerprint density at radius 2 is 1.95 bits per heavy atom. The minimum Gasteiger partial charge on any atom is -0.356 e. The molecule has 0 aromatic rings. The molecule has 1 rings (SSSR count). The molecular formula is C13H23F3N2O. The highest BCUT2D eigenvalue weighted by Crippen LogP contribution is 2.28. The van der Waals surface area contributed by atoms with Crippen molar-refractivity contribution in [1.29, 1.82) is 0 Å². The topological polar surface area (TPSA) is 55.1 Å². The van der Waals surface area contributed by atoms with Crippen LogP contribution in [0, 0.1) is 11.8 Å². The van der Waals surface area contributed by atoms with Gasteiger partial charge in [-0.15, -0.1) is 0 Å². The van der Waals surface area contributed by atoms with Crippen molar-refractivity contribution < 1.29 is 18.0 Å². The van der Waals surface area contributed by atoms with Crippen molar-refractivity contribution in [2.45, 2.75) is 57.7 Å². The number of amides is 1. The second kappa shape index (κ2) is 7.12. The molecule has 0 bridgehead atoms. The molecule has 19 heavy (non-hydrogen) atoms. The highest BCUT2D eigenvalue weighted by Gasteiger charge is 2.29. The number of alkyl halides is 3. The van der Waals surface area contributed by atoms with Crippen LogP contribution in [-0.2, 0) is 4.79 Å². The van der Waals surface area contributed by atoms with E-state index in [-0.39, 0.29) is 24.3 Å². The van der Waals surface area contributed by atoms with Gasteiger partial charge in [0.1, 0.15) is 0 Å². The lowest BCUT2D eigenvalue weighted by atomic mass is 9.79. The molecule has 0 aliphatic heterocycles. The molecule has 3 nitrogen and oxygen atoms in total. The van der Waals surface area contributed by atoms with Crippen molar-refractivity contribution in [1.82, 2.24) is 5.32 Å². The Kier molecular flexibility index (Phi) is 6.10. The van der Waals surface area contributed by atoms with Crippen molar-refractivity contribution >= 4 is 5.91 Å². The molecule has 1 fully saturated rings. The zero-order chi connectivity index (χ0) is 14.5. The van der Waals surface area contributed by atoms with E-state index in [1.54, 1.807) is 0 Å². The van der Waals surface area contributed by atoms with Crippen molar-refractivity contribution in [2.75, 3.05) is 6.54 Å². The Morgan fingerprint density at radius 1 is 1.26 bits per heavy atom. The summed E-state index contributed by atoms with van der Waals surface area (Å²) in [7, 11) is 0. The predicted octanol–water partition coefficient (Wildman–Crippen LogP) is 2.60. The van der Waals surface area contributed by atoms with E-state index in [0.29, 0.717) is 25.3 Å². The van der Waals surface area contributed by atoms with E-state index in [4.69, 9.17) is 5.73 Å². The van der Waals surface area contributed by atoms with Crippen LogP contribution in [0.4, 0.5) is 13.2 Å². The fourth-order valence-corrected chi connectivity index (χ4v) is 2.68. The highest BCUT2D eigenvalue weighted by atomic mass is 19.4. The van der Waals surface area contributed by atoms with Crippen LogP contribution < -0.4 is 11.1 Å². The second-order valence-electron chi connectivity index (χ2n) is 5.63. The maximum atomic E-state index is 11.9. The van der Waals surface area contributed by atoms with Gasteiger partial charge in [-0.2, -0.15) is 13.2 Å². The van der Waals surface area contributed by atoms with Gasteiger partial charge < -0.3 is 11.1 Å². The quantitative estimate of drug-likeness (QED) is 0.761. The van der Waals surface area contributed by atoms with Gasteiger partial charge in [-0.05, 0) is 38.0 Å². The lowest BCUT2D eigenvalue weighted by Gasteiger charge is -2.30. The van der Waals surface area contributed by atoms with Crippen molar-refractivity contribution in [3.05, 3.63) is 0 Å². The van der Waals surface area contributed by atoms with Crippen LogP contribution in [0.15, 0.2) is 0 Å². The summed E-state index contributed by atoms with van der Waals surface area (Å²) in [6, 6.07) is 0.0599. The molecule has 1 aliphatic carbocycles. The van der Waals surface area contributed by atoms with Gasteiger partial charge in [0.05, 0.1) is 0 Å². The number of carbonyl (C=O) groups is 1. The second-order valence-corrected chi connectivity index (χ2v) is 5.63. The summed E-state index contributed by atoms with van der Waals surface area (Å²) in [5, 5.41) is 2.72. The predicted molar refractivity (Wildman–Crippen MR) is 67.4 cm³/mol. The summed E-state index contributed by atoms with van der Waals surface area (Å²) in [6.07, 6.45) is -2.02. The van der Waals surface area contributed by atoms with Gasteiger partial charge in [0.2, 0.25) is 5.91 Å². The van der Waals surface area contributed by atoms with E-state index in [1.807, 2.05) is 0 Å². The molecule has 1 aliphatic rings. The number of hydrogen-bond acceptors (Lipinski definition) is 2. The first-order valence-electron chi connectivity index (χ1n) is 6.88. The van der Waals surface area contributed by atoms with Crippen molar-refractivity contribution in [2.24, 2.45) is 17.6 Å². The van der Waals surface area contributed by atoms with Gasteiger partial charge in [-0.1, -0.05) is 6.92 Å². The minimum absolute atomic E-state index is 0.0599. The number of unbranched alkanes of at least 4 members (excludes halogenated alkanes) is 1. The third-order valence-electron chi connectivity index (χ3n) is 3.54. The summed E-state index contributed by atoms with van der Waals surface area (Å²) in [5.41, 5.74) is 5.87. The largest absolute Gasteiger partial charge is 0.389 e. The Morgan fingerprint density at radius 3 is 2.53 bits per heavy atom. The number of halogens is 3. The Labute approximate surface area is 112 Å². The van der Waals surface area contributed by atoms with Gasteiger partial charge in [-0.25, -0.2) is 0 Å². The van der Waals surface area contributed by atoms with E-state index >= 15 is 0 Å². The molecule has 1 amide bonds. The Balaban J connectivity index is 2.17. The fraction of sp³-hybridized carbons (Fsp3) is 0.923. The first-order valence-corrected chi connectivity index (χ1v) is 6.88. The lowest BCUT2D eigenvalue weighted by molar-refractivity contribution is -0.135. The third-order valence-corrected chi connectivity index (χ3v) is 3.54. The number of nitrogens with two attached hydrogens (primary N) is 1. The van der Waals surface area contributed by atoms with Crippen molar-refractivity contribution in [3.8, 4) is 0 Å². The first kappa shape index (κ1) is 16.3. The zero-order valence-electron chi connectivity index (χ0n) is 11.3.